The molecule has 0 aliphatic carbocycles. The predicted octanol–water partition coefficient (Wildman–Crippen LogP) is 10.5. The van der Waals surface area contributed by atoms with Gasteiger partial charge in [0.2, 0.25) is 0 Å². The van der Waals surface area contributed by atoms with E-state index in [2.05, 4.69) is 0 Å². The molecule has 1 aromatic heterocycles. The number of para-hydroxylation sites is 2. The molecular formula is C36H24O. The highest BCUT2D eigenvalue weighted by Crippen LogP contribution is 2.46. The molecule has 0 spiro atoms. The molecule has 1 nitrogen and oxygen atoms in total. The summed E-state index contributed by atoms with van der Waals surface area (Å²) in [5, 5.41) is 0.676. The van der Waals surface area contributed by atoms with Gasteiger partial charge in [0.15, 0.2) is 0 Å². The van der Waals surface area contributed by atoms with Gasteiger partial charge in [-0.05, 0) is 55.9 Å². The molecule has 37 heavy (non-hydrogen) atoms. The lowest BCUT2D eigenvalue weighted by Crippen LogP contribution is -1.96. The van der Waals surface area contributed by atoms with E-state index >= 15 is 0 Å². The van der Waals surface area contributed by atoms with Gasteiger partial charge in [0, 0.05) is 21.9 Å². The van der Waals surface area contributed by atoms with Crippen molar-refractivity contribution in [3.63, 3.8) is 0 Å². The molecule has 0 saturated heterocycles. The first-order chi connectivity index (χ1) is 23.9. The molecule has 0 fully saturated rings. The number of furan rings is 1. The van der Waals surface area contributed by atoms with Crippen LogP contribution in [0.2, 0.25) is 0 Å². The van der Waals surface area contributed by atoms with E-state index < -0.39 is 66.5 Å². The number of fused-ring (bicyclic) bond motifs is 5. The molecule has 7 aromatic rings. The zero-order chi connectivity index (χ0) is 35.9. The van der Waals surface area contributed by atoms with Crippen LogP contribution in [0.1, 0.15) is 28.9 Å². The Morgan fingerprint density at radius 2 is 1.35 bits per heavy atom. The van der Waals surface area contributed by atoms with Crippen molar-refractivity contribution in [3.8, 4) is 22.3 Å². The topological polar surface area (TPSA) is 13.1 Å². The molecule has 0 N–H and O–H groups in total. The van der Waals surface area contributed by atoms with Gasteiger partial charge in [0.1, 0.15) is 11.2 Å². The van der Waals surface area contributed by atoms with Crippen LogP contribution in [0.15, 0.2) is 126 Å². The highest BCUT2D eigenvalue weighted by Gasteiger charge is 2.21. The molecule has 0 bridgehead atoms. The van der Waals surface area contributed by atoms with E-state index in [1.54, 1.807) is 18.2 Å². The van der Waals surface area contributed by atoms with Crippen molar-refractivity contribution in [1.29, 1.82) is 0 Å². The Hall–Kier alpha value is -4.88. The van der Waals surface area contributed by atoms with E-state index in [4.69, 9.17) is 18.1 Å². The number of hydrogen-bond acceptors (Lipinski definition) is 1. The molecule has 0 atom stereocenters. The van der Waals surface area contributed by atoms with E-state index in [0.717, 1.165) is 23.9 Å². The predicted molar refractivity (Wildman–Crippen MR) is 160 cm³/mol. The Morgan fingerprint density at radius 3 is 2.19 bits per heavy atom. The third-order valence-corrected chi connectivity index (χ3v) is 6.52. The van der Waals surface area contributed by atoms with Crippen molar-refractivity contribution < 1.29 is 22.2 Å². The minimum atomic E-state index is -0.649. The first kappa shape index (κ1) is 11.9. The van der Waals surface area contributed by atoms with Crippen molar-refractivity contribution in [1.82, 2.24) is 0 Å². The fourth-order valence-corrected chi connectivity index (χ4v) is 4.96. The van der Waals surface area contributed by atoms with Crippen LogP contribution < -0.4 is 0 Å². The number of hydrogen-bond donors (Lipinski definition) is 0. The van der Waals surface area contributed by atoms with Crippen LogP contribution in [0.25, 0.3) is 77.9 Å². The van der Waals surface area contributed by atoms with Gasteiger partial charge in [-0.2, -0.15) is 0 Å². The standard InChI is InChI=1S/C36H24O/c1-3-26-27(4-2)35(32-18-11-17-31-28-14-9-10-19-33(28)37-36(31)32)30-16-8-7-15-29(30)34(26)25-21-20-23-12-5-6-13-24(23)22-25/h3-22H,1-2H2/i1D,2D,5D,6D,7D,8D,12D,13D,15D,16D,20D,21D,22D. The summed E-state index contributed by atoms with van der Waals surface area (Å²) in [4.78, 5) is 0. The summed E-state index contributed by atoms with van der Waals surface area (Å²) in [5.41, 5.74) is 1.46. The third-order valence-electron chi connectivity index (χ3n) is 6.52. The van der Waals surface area contributed by atoms with Gasteiger partial charge in [-0.25, -0.2) is 0 Å². The van der Waals surface area contributed by atoms with Crippen LogP contribution in [0, 0.1) is 0 Å². The van der Waals surface area contributed by atoms with Crippen molar-refractivity contribution in [2.45, 2.75) is 0 Å². The third kappa shape index (κ3) is 3.18. The van der Waals surface area contributed by atoms with E-state index in [-0.39, 0.29) is 49.4 Å². The summed E-state index contributed by atoms with van der Waals surface area (Å²) in [7, 11) is 0. The first-order valence-electron chi connectivity index (χ1n) is 18.1. The lowest BCUT2D eigenvalue weighted by atomic mass is 9.83. The van der Waals surface area contributed by atoms with Crippen LogP contribution in [0.5, 0.6) is 0 Å². The summed E-state index contributed by atoms with van der Waals surface area (Å²) in [5.74, 6) is 0. The summed E-state index contributed by atoms with van der Waals surface area (Å²) >= 11 is 0. The highest BCUT2D eigenvalue weighted by molar-refractivity contribution is 6.17. The molecule has 0 amide bonds. The molecular weight excluding hydrogens is 448 g/mol. The van der Waals surface area contributed by atoms with E-state index in [1.165, 1.54) is 12.2 Å². The van der Waals surface area contributed by atoms with Crippen molar-refractivity contribution in [2.75, 3.05) is 0 Å². The van der Waals surface area contributed by atoms with Gasteiger partial charge in [-0.3, -0.25) is 0 Å². The maximum absolute atomic E-state index is 9.32. The number of rotatable bonds is 4. The molecule has 0 aliphatic heterocycles. The molecule has 1 heteroatoms. The smallest absolute Gasteiger partial charge is 0.143 e. The molecule has 174 valence electrons. The summed E-state index contributed by atoms with van der Waals surface area (Å²) in [6, 6.07) is 6.25. The minimum absolute atomic E-state index is 0.0328. The van der Waals surface area contributed by atoms with Crippen LogP contribution in [0.3, 0.4) is 0 Å². The van der Waals surface area contributed by atoms with E-state index in [9.17, 15) is 4.11 Å². The minimum Gasteiger partial charge on any atom is -0.455 e. The monoisotopic (exact) mass is 485 g/mol. The Labute approximate surface area is 233 Å². The molecule has 7 rings (SSSR count). The van der Waals surface area contributed by atoms with Gasteiger partial charge in [0.25, 0.3) is 0 Å². The normalized spacial score (nSPS) is 17.0. The van der Waals surface area contributed by atoms with Crippen LogP contribution in [-0.2, 0) is 0 Å². The number of benzene rings is 6. The van der Waals surface area contributed by atoms with Gasteiger partial charge < -0.3 is 4.42 Å². The molecule has 0 aliphatic rings. The summed E-state index contributed by atoms with van der Waals surface area (Å²) in [6.45, 7) is 1.89. The van der Waals surface area contributed by atoms with E-state index in [1.807, 2.05) is 24.3 Å². The SMILES string of the molecule is [2H]C=Cc1c(C=C[2H])c(-c2cccc3c2oc2ccccc23)c2c([2H])c([2H])c([2H])c([2H])c2c1-c1c([2H])c([2H])c2c([2H])c([2H])c([2H])c([2H])c2c1[2H]. The second kappa shape index (κ2) is 8.36. The van der Waals surface area contributed by atoms with Gasteiger partial charge in [0.05, 0.1) is 17.8 Å². The fraction of sp³-hybridized carbons (Fsp3) is 0. The van der Waals surface area contributed by atoms with Crippen LogP contribution in [0.4, 0.5) is 0 Å². The molecule has 6 aromatic carbocycles. The van der Waals surface area contributed by atoms with Gasteiger partial charge in [-0.15, -0.1) is 0 Å². The first-order valence-corrected chi connectivity index (χ1v) is 11.5. The quantitative estimate of drug-likeness (QED) is 0.242. The molecule has 0 radical (unpaired) electrons. The summed E-state index contributed by atoms with van der Waals surface area (Å²) in [6.07, 6.45) is 2.68. The molecule has 0 unspecified atom stereocenters. The fourth-order valence-electron chi connectivity index (χ4n) is 4.96. The Bertz CT molecular complexity index is 2690. The van der Waals surface area contributed by atoms with Crippen molar-refractivity contribution in [2.24, 2.45) is 0 Å². The zero-order valence-electron chi connectivity index (χ0n) is 32.3. The van der Waals surface area contributed by atoms with Crippen molar-refractivity contribution >= 4 is 55.6 Å². The maximum Gasteiger partial charge on any atom is 0.143 e. The Balaban J connectivity index is 1.81. The van der Waals surface area contributed by atoms with Gasteiger partial charge in [-0.1, -0.05) is 122 Å². The average Bonchev–Trinajstić information content (AvgIpc) is 3.49. The summed E-state index contributed by atoms with van der Waals surface area (Å²) < 4.78 is 119. The largest absolute Gasteiger partial charge is 0.455 e. The molecule has 0 saturated carbocycles. The average molecular weight is 486 g/mol. The van der Waals surface area contributed by atoms with Gasteiger partial charge >= 0.3 is 0 Å². The van der Waals surface area contributed by atoms with E-state index in [0.29, 0.717) is 16.7 Å². The highest BCUT2D eigenvalue weighted by atomic mass is 16.3. The second-order valence-corrected chi connectivity index (χ2v) is 8.44. The maximum atomic E-state index is 9.32. The zero-order valence-corrected chi connectivity index (χ0v) is 19.3. The Morgan fingerprint density at radius 1 is 0.649 bits per heavy atom. The Kier molecular flexibility index (Phi) is 2.69. The second-order valence-electron chi connectivity index (χ2n) is 8.44. The molecule has 1 heterocycles. The lowest BCUT2D eigenvalue weighted by Gasteiger charge is -2.20. The van der Waals surface area contributed by atoms with Crippen LogP contribution in [-0.4, -0.2) is 0 Å². The van der Waals surface area contributed by atoms with Crippen LogP contribution >= 0.6 is 0 Å². The lowest BCUT2D eigenvalue weighted by molar-refractivity contribution is 0.670. The van der Waals surface area contributed by atoms with Crippen molar-refractivity contribution in [3.05, 3.63) is 133 Å².